The molecule has 0 aliphatic heterocycles. The molecule has 0 radical (unpaired) electrons. The number of rotatable bonds is 4. The maximum atomic E-state index is 12.1. The minimum atomic E-state index is -0.0105. The third-order valence-corrected chi connectivity index (χ3v) is 3.32. The highest BCUT2D eigenvalue weighted by molar-refractivity contribution is 6.35. The second-order valence-corrected chi connectivity index (χ2v) is 4.84. The summed E-state index contributed by atoms with van der Waals surface area (Å²) >= 11 is 11.8. The van der Waals surface area contributed by atoms with Gasteiger partial charge in [-0.1, -0.05) is 23.2 Å². The largest absolute Gasteiger partial charge is 0.294 e. The first-order chi connectivity index (χ1) is 8.58. The number of nitrogens with zero attached hydrogens (tertiary/aromatic N) is 2. The second kappa shape index (κ2) is 5.55. The monoisotopic (exact) mass is 282 g/mol. The van der Waals surface area contributed by atoms with E-state index >= 15 is 0 Å². The summed E-state index contributed by atoms with van der Waals surface area (Å²) in [6.45, 7) is 0. The number of aromatic nitrogens is 2. The summed E-state index contributed by atoms with van der Waals surface area (Å²) < 4.78 is 1.76. The Morgan fingerprint density at radius 3 is 2.78 bits per heavy atom. The number of benzene rings is 1. The van der Waals surface area contributed by atoms with Gasteiger partial charge >= 0.3 is 0 Å². The maximum Gasteiger partial charge on any atom is 0.164 e. The van der Waals surface area contributed by atoms with E-state index in [4.69, 9.17) is 23.2 Å². The Morgan fingerprint density at radius 1 is 1.33 bits per heavy atom. The van der Waals surface area contributed by atoms with Crippen molar-refractivity contribution in [1.82, 2.24) is 9.78 Å². The summed E-state index contributed by atoms with van der Waals surface area (Å²) in [7, 11) is 1.85. The van der Waals surface area contributed by atoms with Crippen molar-refractivity contribution in [2.45, 2.75) is 12.8 Å². The standard InChI is InChI=1S/C13H12Cl2N2O/c1-17-10(6-7-16-17)3-5-13(18)11-8-9(14)2-4-12(11)15/h2,4,6-8H,3,5H2,1H3. The number of carbonyl (C=O) groups is 1. The molecule has 2 aromatic rings. The number of Topliss-reactive ketones (excluding diaryl/α,β-unsaturated/α-hetero) is 1. The summed E-state index contributed by atoms with van der Waals surface area (Å²) in [6, 6.07) is 6.81. The van der Waals surface area contributed by atoms with Gasteiger partial charge < -0.3 is 0 Å². The highest BCUT2D eigenvalue weighted by Gasteiger charge is 2.12. The van der Waals surface area contributed by atoms with E-state index in [1.165, 1.54) is 0 Å². The number of halogens is 2. The van der Waals surface area contributed by atoms with Crippen LogP contribution in [0.5, 0.6) is 0 Å². The SMILES string of the molecule is Cn1nccc1CCC(=O)c1cc(Cl)ccc1Cl. The summed E-state index contributed by atoms with van der Waals surface area (Å²) in [5.41, 5.74) is 1.49. The van der Waals surface area contributed by atoms with Crippen molar-refractivity contribution in [1.29, 1.82) is 0 Å². The predicted molar refractivity (Wildman–Crippen MR) is 72.3 cm³/mol. The zero-order chi connectivity index (χ0) is 13.1. The molecule has 1 aromatic carbocycles. The molecule has 2 rings (SSSR count). The Labute approximate surface area is 115 Å². The van der Waals surface area contributed by atoms with Crippen molar-refractivity contribution in [3.05, 3.63) is 51.8 Å². The fraction of sp³-hybridized carbons (Fsp3) is 0.231. The molecule has 0 N–H and O–H groups in total. The van der Waals surface area contributed by atoms with Crippen molar-refractivity contribution in [3.63, 3.8) is 0 Å². The van der Waals surface area contributed by atoms with E-state index in [9.17, 15) is 4.79 Å². The molecule has 0 aliphatic carbocycles. The first kappa shape index (κ1) is 13.1. The zero-order valence-electron chi connectivity index (χ0n) is 9.86. The van der Waals surface area contributed by atoms with Gasteiger partial charge in [0, 0.05) is 35.9 Å². The fourth-order valence-corrected chi connectivity index (χ4v) is 2.13. The lowest BCUT2D eigenvalue weighted by atomic mass is 10.1. The quantitative estimate of drug-likeness (QED) is 0.804. The number of carbonyl (C=O) groups excluding carboxylic acids is 1. The van der Waals surface area contributed by atoms with Crippen LogP contribution in [0.15, 0.2) is 30.5 Å². The van der Waals surface area contributed by atoms with Gasteiger partial charge in [-0.3, -0.25) is 9.48 Å². The minimum absolute atomic E-state index is 0.0105. The molecule has 0 fully saturated rings. The molecule has 0 bridgehead atoms. The Kier molecular flexibility index (Phi) is 4.04. The lowest BCUT2D eigenvalue weighted by Gasteiger charge is -2.04. The zero-order valence-corrected chi connectivity index (χ0v) is 11.4. The Balaban J connectivity index is 2.08. The van der Waals surface area contributed by atoms with Crippen LogP contribution in [0.25, 0.3) is 0 Å². The normalized spacial score (nSPS) is 10.6. The van der Waals surface area contributed by atoms with E-state index in [0.29, 0.717) is 28.5 Å². The average molecular weight is 283 g/mol. The van der Waals surface area contributed by atoms with Crippen LogP contribution < -0.4 is 0 Å². The van der Waals surface area contributed by atoms with E-state index < -0.39 is 0 Å². The van der Waals surface area contributed by atoms with Crippen molar-refractivity contribution in [3.8, 4) is 0 Å². The molecular formula is C13H12Cl2N2O. The van der Waals surface area contributed by atoms with E-state index in [-0.39, 0.29) is 5.78 Å². The molecule has 3 nitrogen and oxygen atoms in total. The van der Waals surface area contributed by atoms with Crippen LogP contribution in [0.2, 0.25) is 10.0 Å². The first-order valence-electron chi connectivity index (χ1n) is 5.53. The van der Waals surface area contributed by atoms with Crippen LogP contribution >= 0.6 is 23.2 Å². The van der Waals surface area contributed by atoms with Gasteiger partial charge in [0.15, 0.2) is 5.78 Å². The van der Waals surface area contributed by atoms with Crippen LogP contribution in [-0.4, -0.2) is 15.6 Å². The Morgan fingerprint density at radius 2 is 2.11 bits per heavy atom. The molecule has 1 heterocycles. The second-order valence-electron chi connectivity index (χ2n) is 3.99. The minimum Gasteiger partial charge on any atom is -0.294 e. The van der Waals surface area contributed by atoms with Gasteiger partial charge in [-0.2, -0.15) is 5.10 Å². The highest BCUT2D eigenvalue weighted by Crippen LogP contribution is 2.22. The van der Waals surface area contributed by atoms with E-state index in [0.717, 1.165) is 5.69 Å². The van der Waals surface area contributed by atoms with Gasteiger partial charge in [-0.05, 0) is 30.7 Å². The fourth-order valence-electron chi connectivity index (χ4n) is 1.73. The van der Waals surface area contributed by atoms with E-state index in [1.807, 2.05) is 13.1 Å². The van der Waals surface area contributed by atoms with Crippen molar-refractivity contribution >= 4 is 29.0 Å². The molecule has 0 saturated carbocycles. The van der Waals surface area contributed by atoms with Gasteiger partial charge in [0.2, 0.25) is 0 Å². The first-order valence-corrected chi connectivity index (χ1v) is 6.28. The van der Waals surface area contributed by atoms with Crippen LogP contribution in [-0.2, 0) is 13.5 Å². The number of hydrogen-bond acceptors (Lipinski definition) is 2. The molecule has 0 saturated heterocycles. The van der Waals surface area contributed by atoms with Crippen LogP contribution in [0.4, 0.5) is 0 Å². The smallest absolute Gasteiger partial charge is 0.164 e. The Hall–Kier alpha value is -1.32. The maximum absolute atomic E-state index is 12.1. The van der Waals surface area contributed by atoms with Gasteiger partial charge in [-0.25, -0.2) is 0 Å². The van der Waals surface area contributed by atoms with Gasteiger partial charge in [0.1, 0.15) is 0 Å². The molecule has 0 unspecified atom stereocenters. The number of ketones is 1. The molecule has 0 amide bonds. The molecule has 0 spiro atoms. The summed E-state index contributed by atoms with van der Waals surface area (Å²) in [6.07, 6.45) is 2.74. The third kappa shape index (κ3) is 2.92. The van der Waals surface area contributed by atoms with Crippen molar-refractivity contribution in [2.75, 3.05) is 0 Å². The molecule has 5 heteroatoms. The molecule has 18 heavy (non-hydrogen) atoms. The molecular weight excluding hydrogens is 271 g/mol. The van der Waals surface area contributed by atoms with E-state index in [1.54, 1.807) is 29.1 Å². The van der Waals surface area contributed by atoms with Crippen molar-refractivity contribution < 1.29 is 4.79 Å². The summed E-state index contributed by atoms with van der Waals surface area (Å²) in [4.78, 5) is 12.1. The Bertz CT molecular complexity index is 578. The lowest BCUT2D eigenvalue weighted by molar-refractivity contribution is 0.0982. The average Bonchev–Trinajstić information content (AvgIpc) is 2.75. The van der Waals surface area contributed by atoms with Crippen molar-refractivity contribution in [2.24, 2.45) is 7.05 Å². The molecule has 1 aromatic heterocycles. The van der Waals surface area contributed by atoms with Gasteiger partial charge in [0.05, 0.1) is 5.02 Å². The molecule has 0 atom stereocenters. The van der Waals surface area contributed by atoms with Crippen LogP contribution in [0.3, 0.4) is 0 Å². The molecule has 0 aliphatic rings. The summed E-state index contributed by atoms with van der Waals surface area (Å²) in [5.74, 6) is -0.0105. The highest BCUT2D eigenvalue weighted by atomic mass is 35.5. The number of aryl methyl sites for hydroxylation is 2. The van der Waals surface area contributed by atoms with Crippen LogP contribution in [0, 0.1) is 0 Å². The van der Waals surface area contributed by atoms with Gasteiger partial charge in [-0.15, -0.1) is 0 Å². The third-order valence-electron chi connectivity index (χ3n) is 2.76. The summed E-state index contributed by atoms with van der Waals surface area (Å²) in [5, 5.41) is 5.01. The topological polar surface area (TPSA) is 34.9 Å². The van der Waals surface area contributed by atoms with Gasteiger partial charge in [0.25, 0.3) is 0 Å². The predicted octanol–water partition coefficient (Wildman–Crippen LogP) is 3.54. The van der Waals surface area contributed by atoms with Crippen LogP contribution in [0.1, 0.15) is 22.5 Å². The lowest BCUT2D eigenvalue weighted by Crippen LogP contribution is -2.05. The number of hydrogen-bond donors (Lipinski definition) is 0. The van der Waals surface area contributed by atoms with E-state index in [2.05, 4.69) is 5.10 Å². The molecule has 94 valence electrons.